The van der Waals surface area contributed by atoms with Crippen LogP contribution in [0.25, 0.3) is 16.7 Å². The number of sulfonamides is 1. The van der Waals surface area contributed by atoms with Gasteiger partial charge in [0.25, 0.3) is 0 Å². The maximum Gasteiger partial charge on any atom is 0.225 e. The Bertz CT molecular complexity index is 1510. The number of fused-ring (bicyclic) bond motifs is 2. The minimum absolute atomic E-state index is 0.0548. The molecule has 11 nitrogen and oxygen atoms in total. The van der Waals surface area contributed by atoms with Gasteiger partial charge in [-0.3, -0.25) is 4.79 Å². The standard InChI is InChI=1S/C24H28BrN7O4S/c1-24(22(33)26-2)6-5-16(8-24)28-23-27-9-19-20(25)30-32(21(19)29-23)17-4-3-14-10-31(11-15(14)7-17)37(34,35)18-12-36-13-18/h3-4,7,9,16,18H,5-6,8,10-13H2,1-2H3,(H,26,33)(H,27,28,29)/t16-,24-/m1/s1. The average molecular weight is 591 g/mol. The maximum atomic E-state index is 12.9. The number of carbonyl (C=O) groups is 1. The van der Waals surface area contributed by atoms with Gasteiger partial charge < -0.3 is 15.4 Å². The Hall–Kier alpha value is -2.61. The average Bonchev–Trinajstić information content (AvgIpc) is 3.53. The van der Waals surface area contributed by atoms with Crippen molar-refractivity contribution >= 4 is 48.8 Å². The molecule has 196 valence electrons. The molecule has 6 rings (SSSR count). The smallest absolute Gasteiger partial charge is 0.225 e. The number of rotatable bonds is 6. The van der Waals surface area contributed by atoms with Gasteiger partial charge in [0, 0.05) is 37.8 Å². The summed E-state index contributed by atoms with van der Waals surface area (Å²) in [6, 6.07) is 5.95. The van der Waals surface area contributed by atoms with Crippen LogP contribution in [0.15, 0.2) is 29.0 Å². The first-order valence-corrected chi connectivity index (χ1v) is 14.6. The third kappa shape index (κ3) is 4.21. The number of ether oxygens (including phenoxy) is 1. The molecular formula is C24H28BrN7O4S. The van der Waals surface area contributed by atoms with E-state index in [4.69, 9.17) is 9.72 Å². The van der Waals surface area contributed by atoms with Crippen LogP contribution in [0.1, 0.15) is 37.3 Å². The minimum Gasteiger partial charge on any atom is -0.378 e. The van der Waals surface area contributed by atoms with Gasteiger partial charge in [0.2, 0.25) is 21.9 Å². The number of hydrogen-bond acceptors (Lipinski definition) is 8. The zero-order valence-electron chi connectivity index (χ0n) is 20.6. The molecule has 2 N–H and O–H groups in total. The van der Waals surface area contributed by atoms with E-state index in [1.165, 1.54) is 4.31 Å². The van der Waals surface area contributed by atoms with Crippen molar-refractivity contribution < 1.29 is 17.9 Å². The van der Waals surface area contributed by atoms with Crippen molar-refractivity contribution in [2.24, 2.45) is 5.41 Å². The molecule has 1 saturated heterocycles. The van der Waals surface area contributed by atoms with E-state index in [-0.39, 0.29) is 25.2 Å². The Kier molecular flexibility index (Phi) is 6.01. The second kappa shape index (κ2) is 9.00. The molecule has 1 aromatic carbocycles. The molecule has 0 bridgehead atoms. The Morgan fingerprint density at radius 2 is 2.03 bits per heavy atom. The summed E-state index contributed by atoms with van der Waals surface area (Å²) in [6.07, 6.45) is 4.08. The van der Waals surface area contributed by atoms with Crippen LogP contribution < -0.4 is 10.6 Å². The highest BCUT2D eigenvalue weighted by Crippen LogP contribution is 2.39. The van der Waals surface area contributed by atoms with E-state index < -0.39 is 20.7 Å². The number of carbonyl (C=O) groups excluding carboxylic acids is 1. The Labute approximate surface area is 223 Å². The number of halogens is 1. The number of nitrogens with zero attached hydrogens (tertiary/aromatic N) is 5. The molecule has 0 radical (unpaired) electrons. The van der Waals surface area contributed by atoms with Crippen molar-refractivity contribution in [3.8, 4) is 5.69 Å². The molecule has 2 aliphatic heterocycles. The lowest BCUT2D eigenvalue weighted by atomic mass is 9.87. The Balaban J connectivity index is 1.26. The molecule has 2 fully saturated rings. The van der Waals surface area contributed by atoms with E-state index in [9.17, 15) is 13.2 Å². The molecule has 0 spiro atoms. The van der Waals surface area contributed by atoms with Crippen molar-refractivity contribution in [3.05, 3.63) is 40.1 Å². The zero-order valence-corrected chi connectivity index (χ0v) is 23.0. The largest absolute Gasteiger partial charge is 0.378 e. The van der Waals surface area contributed by atoms with Crippen LogP contribution >= 0.6 is 15.9 Å². The monoisotopic (exact) mass is 589 g/mol. The van der Waals surface area contributed by atoms with E-state index in [0.717, 1.165) is 35.0 Å². The third-order valence-corrected chi connectivity index (χ3v) is 10.4. The van der Waals surface area contributed by atoms with Crippen LogP contribution in [0.3, 0.4) is 0 Å². The van der Waals surface area contributed by atoms with E-state index in [2.05, 4.69) is 36.6 Å². The Morgan fingerprint density at radius 1 is 1.24 bits per heavy atom. The van der Waals surface area contributed by atoms with Crippen LogP contribution in [0.2, 0.25) is 0 Å². The van der Waals surface area contributed by atoms with Crippen molar-refractivity contribution in [1.29, 1.82) is 0 Å². The summed E-state index contributed by atoms with van der Waals surface area (Å²) in [5.41, 5.74) is 2.95. The highest BCUT2D eigenvalue weighted by atomic mass is 79.9. The van der Waals surface area contributed by atoms with Crippen molar-refractivity contribution in [2.45, 2.75) is 50.6 Å². The van der Waals surface area contributed by atoms with Gasteiger partial charge in [0.15, 0.2) is 5.65 Å². The molecular weight excluding hydrogens is 562 g/mol. The highest BCUT2D eigenvalue weighted by Gasteiger charge is 2.41. The van der Waals surface area contributed by atoms with E-state index in [0.29, 0.717) is 35.7 Å². The molecule has 13 heteroatoms. The fourth-order valence-corrected chi connectivity index (χ4v) is 7.47. The summed E-state index contributed by atoms with van der Waals surface area (Å²) in [5.74, 6) is 0.535. The minimum atomic E-state index is -3.39. The first-order chi connectivity index (χ1) is 17.7. The normalized spacial score (nSPS) is 24.2. The van der Waals surface area contributed by atoms with Gasteiger partial charge in [-0.1, -0.05) is 13.0 Å². The van der Waals surface area contributed by atoms with E-state index >= 15 is 0 Å². The predicted octanol–water partition coefficient (Wildman–Crippen LogP) is 2.34. The molecule has 1 aliphatic carbocycles. The summed E-state index contributed by atoms with van der Waals surface area (Å²) in [7, 11) is -1.72. The lowest BCUT2D eigenvalue weighted by Crippen LogP contribution is -2.47. The van der Waals surface area contributed by atoms with Gasteiger partial charge >= 0.3 is 0 Å². The van der Waals surface area contributed by atoms with Gasteiger partial charge in [-0.05, 0) is 58.5 Å². The van der Waals surface area contributed by atoms with Crippen molar-refractivity contribution in [3.63, 3.8) is 0 Å². The lowest BCUT2D eigenvalue weighted by molar-refractivity contribution is -0.129. The van der Waals surface area contributed by atoms with E-state index in [1.54, 1.807) is 17.9 Å². The van der Waals surface area contributed by atoms with E-state index in [1.807, 2.05) is 25.1 Å². The molecule has 2 atom stereocenters. The van der Waals surface area contributed by atoms with Crippen molar-refractivity contribution in [2.75, 3.05) is 25.6 Å². The number of hydrogen-bond donors (Lipinski definition) is 2. The molecule has 3 aromatic rings. The summed E-state index contributed by atoms with van der Waals surface area (Å²) in [5, 5.41) is 11.1. The van der Waals surface area contributed by atoms with Gasteiger partial charge in [0.05, 0.1) is 24.3 Å². The molecule has 4 heterocycles. The second-order valence-electron chi connectivity index (χ2n) is 10.3. The number of nitrogens with one attached hydrogen (secondary N) is 2. The lowest BCUT2D eigenvalue weighted by Gasteiger charge is -2.29. The molecule has 1 saturated carbocycles. The quantitative estimate of drug-likeness (QED) is 0.448. The number of benzene rings is 1. The van der Waals surface area contributed by atoms with Gasteiger partial charge in [-0.25, -0.2) is 18.1 Å². The van der Waals surface area contributed by atoms with Crippen LogP contribution in [0.4, 0.5) is 5.95 Å². The first-order valence-electron chi connectivity index (χ1n) is 12.3. The van der Waals surface area contributed by atoms with Crippen LogP contribution in [-0.4, -0.2) is 69.9 Å². The summed E-state index contributed by atoms with van der Waals surface area (Å²) >= 11 is 3.52. The van der Waals surface area contributed by atoms with Crippen LogP contribution in [0.5, 0.6) is 0 Å². The molecule has 0 unspecified atom stereocenters. The molecule has 37 heavy (non-hydrogen) atoms. The fraction of sp³-hybridized carbons (Fsp3) is 0.500. The second-order valence-corrected chi connectivity index (χ2v) is 13.2. The SMILES string of the molecule is CNC(=O)[C@]1(C)CC[C@@H](Nc2ncc3c(Br)nn(-c4ccc5c(c4)CN(S(=O)(=O)C4COC4)C5)c3n2)C1. The third-order valence-electron chi connectivity index (χ3n) is 7.75. The topological polar surface area (TPSA) is 131 Å². The summed E-state index contributed by atoms with van der Waals surface area (Å²) < 4.78 is 34.7. The number of amides is 1. The summed E-state index contributed by atoms with van der Waals surface area (Å²) in [6.45, 7) is 3.20. The first kappa shape index (κ1) is 24.7. The van der Waals surface area contributed by atoms with Crippen LogP contribution in [-0.2, 0) is 32.6 Å². The zero-order chi connectivity index (χ0) is 25.9. The molecule has 3 aliphatic rings. The molecule has 1 amide bonds. The maximum absolute atomic E-state index is 12.9. The number of aromatic nitrogens is 4. The van der Waals surface area contributed by atoms with Crippen molar-refractivity contribution in [1.82, 2.24) is 29.4 Å². The van der Waals surface area contributed by atoms with Gasteiger partial charge in [-0.15, -0.1) is 0 Å². The van der Waals surface area contributed by atoms with Gasteiger partial charge in [0.1, 0.15) is 9.85 Å². The highest BCUT2D eigenvalue weighted by molar-refractivity contribution is 9.10. The van der Waals surface area contributed by atoms with Gasteiger partial charge in [-0.2, -0.15) is 14.4 Å². The van der Waals surface area contributed by atoms with Crippen LogP contribution in [0, 0.1) is 5.41 Å². The fourth-order valence-electron chi connectivity index (χ4n) is 5.43. The summed E-state index contributed by atoms with van der Waals surface area (Å²) in [4.78, 5) is 21.5. The predicted molar refractivity (Wildman–Crippen MR) is 141 cm³/mol. The number of anilines is 1. The Morgan fingerprint density at radius 3 is 2.76 bits per heavy atom. The molecule has 2 aromatic heterocycles.